The summed E-state index contributed by atoms with van der Waals surface area (Å²) in [5, 5.41) is 16.6. The van der Waals surface area contributed by atoms with Crippen LogP contribution in [0.2, 0.25) is 5.02 Å². The molecule has 1 atom stereocenters. The van der Waals surface area contributed by atoms with Crippen LogP contribution in [0, 0.1) is 11.3 Å². The van der Waals surface area contributed by atoms with Crippen molar-refractivity contribution in [1.29, 1.82) is 5.26 Å². The van der Waals surface area contributed by atoms with E-state index in [0.29, 0.717) is 31.0 Å². The fraction of sp³-hybridized carbons (Fsp3) is 0.462. The third-order valence-electron chi connectivity index (χ3n) is 2.73. The topological polar surface area (TPSA) is 84.6 Å². The van der Waals surface area contributed by atoms with Crippen LogP contribution in [-0.2, 0) is 6.42 Å². The Morgan fingerprint density at radius 3 is 2.74 bits per heavy atom. The summed E-state index contributed by atoms with van der Waals surface area (Å²) >= 11 is 5.83. The molecule has 0 saturated carbocycles. The predicted molar refractivity (Wildman–Crippen MR) is 75.8 cm³/mol. The first-order chi connectivity index (χ1) is 9.09. The van der Waals surface area contributed by atoms with Crippen molar-refractivity contribution in [1.82, 2.24) is 5.32 Å². The lowest BCUT2D eigenvalue weighted by molar-refractivity contribution is 0.441. The first-order valence-corrected chi connectivity index (χ1v) is 6.39. The number of nitrogens with zero attached hydrogens (tertiary/aromatic N) is 4. The Bertz CT molecular complexity index is 487. The van der Waals surface area contributed by atoms with Crippen LogP contribution < -0.4 is 5.32 Å². The van der Waals surface area contributed by atoms with Gasteiger partial charge in [-0.3, -0.25) is 5.32 Å². The summed E-state index contributed by atoms with van der Waals surface area (Å²) in [5.41, 5.74) is 8.58. The maximum absolute atomic E-state index is 9.28. The molecule has 19 heavy (non-hydrogen) atoms. The molecule has 0 aliphatic heterocycles. The Labute approximate surface area is 117 Å². The van der Waals surface area contributed by atoms with E-state index >= 15 is 0 Å². The van der Waals surface area contributed by atoms with E-state index < -0.39 is 5.54 Å². The molecule has 1 unspecified atom stereocenters. The highest BCUT2D eigenvalue weighted by atomic mass is 35.5. The van der Waals surface area contributed by atoms with Gasteiger partial charge >= 0.3 is 0 Å². The van der Waals surface area contributed by atoms with Gasteiger partial charge in [-0.25, -0.2) is 0 Å². The Morgan fingerprint density at radius 2 is 2.16 bits per heavy atom. The van der Waals surface area contributed by atoms with E-state index in [4.69, 9.17) is 17.1 Å². The number of halogens is 1. The minimum atomic E-state index is -0.635. The predicted octanol–water partition coefficient (Wildman–Crippen LogP) is 3.45. The Hall–Kier alpha value is -1.73. The zero-order chi connectivity index (χ0) is 14.1. The van der Waals surface area contributed by atoms with Crippen molar-refractivity contribution in [3.63, 3.8) is 0 Å². The van der Waals surface area contributed by atoms with E-state index in [-0.39, 0.29) is 0 Å². The highest BCUT2D eigenvalue weighted by Gasteiger charge is 2.23. The molecular formula is C13H16ClN5. The minimum Gasteiger partial charge on any atom is -0.299 e. The average molecular weight is 278 g/mol. The molecule has 0 aliphatic rings. The molecule has 6 heteroatoms. The van der Waals surface area contributed by atoms with Gasteiger partial charge in [-0.05, 0) is 43.1 Å². The van der Waals surface area contributed by atoms with Crippen molar-refractivity contribution in [2.24, 2.45) is 5.11 Å². The molecule has 5 nitrogen and oxygen atoms in total. The van der Waals surface area contributed by atoms with E-state index in [2.05, 4.69) is 21.4 Å². The highest BCUT2D eigenvalue weighted by molar-refractivity contribution is 6.30. The number of rotatable bonds is 7. The van der Waals surface area contributed by atoms with Crippen LogP contribution >= 0.6 is 11.6 Å². The second-order valence-electron chi connectivity index (χ2n) is 4.48. The van der Waals surface area contributed by atoms with Crippen LogP contribution in [-0.4, -0.2) is 18.6 Å². The van der Waals surface area contributed by atoms with Gasteiger partial charge in [0.1, 0.15) is 5.54 Å². The molecule has 0 heterocycles. The molecule has 0 radical (unpaired) electrons. The first kappa shape index (κ1) is 15.3. The lowest BCUT2D eigenvalue weighted by Gasteiger charge is -2.23. The molecule has 0 saturated heterocycles. The summed E-state index contributed by atoms with van der Waals surface area (Å²) in [4.78, 5) is 2.69. The third kappa shape index (κ3) is 5.62. The number of azide groups is 1. The quantitative estimate of drug-likeness (QED) is 0.358. The van der Waals surface area contributed by atoms with E-state index in [0.717, 1.165) is 5.56 Å². The molecule has 0 amide bonds. The number of hydrogen-bond donors (Lipinski definition) is 1. The lowest BCUT2D eigenvalue weighted by atomic mass is 9.94. The van der Waals surface area contributed by atoms with Gasteiger partial charge in [0.25, 0.3) is 0 Å². The molecular weight excluding hydrogens is 262 g/mol. The van der Waals surface area contributed by atoms with E-state index in [1.807, 2.05) is 31.2 Å². The van der Waals surface area contributed by atoms with Crippen LogP contribution in [0.1, 0.15) is 18.9 Å². The smallest absolute Gasteiger partial charge is 0.107 e. The van der Waals surface area contributed by atoms with Crippen molar-refractivity contribution in [3.8, 4) is 6.07 Å². The monoisotopic (exact) mass is 277 g/mol. The molecule has 1 aromatic rings. The third-order valence-corrected chi connectivity index (χ3v) is 2.98. The van der Waals surface area contributed by atoms with Gasteiger partial charge in [-0.15, -0.1) is 0 Å². The summed E-state index contributed by atoms with van der Waals surface area (Å²) < 4.78 is 0. The van der Waals surface area contributed by atoms with Crippen LogP contribution in [0.5, 0.6) is 0 Å². The van der Waals surface area contributed by atoms with Crippen molar-refractivity contribution < 1.29 is 0 Å². The van der Waals surface area contributed by atoms with E-state index in [9.17, 15) is 5.26 Å². The van der Waals surface area contributed by atoms with Crippen molar-refractivity contribution in [3.05, 3.63) is 45.3 Å². The zero-order valence-electron chi connectivity index (χ0n) is 10.8. The Kier molecular flexibility index (Phi) is 6.17. The lowest BCUT2D eigenvalue weighted by Crippen LogP contribution is -2.43. The first-order valence-electron chi connectivity index (χ1n) is 6.01. The standard InChI is InChI=1S/C13H16ClN5/c1-13(10-15,17-7-2-8-18-19-16)9-11-3-5-12(14)6-4-11/h3-6,17H,2,7-9H2,1H3. The van der Waals surface area contributed by atoms with Gasteiger partial charge < -0.3 is 0 Å². The number of nitriles is 1. The molecule has 0 fully saturated rings. The molecule has 0 aromatic heterocycles. The van der Waals surface area contributed by atoms with Crippen LogP contribution in [0.25, 0.3) is 10.4 Å². The Balaban J connectivity index is 2.52. The molecule has 0 spiro atoms. The van der Waals surface area contributed by atoms with Gasteiger partial charge in [0.2, 0.25) is 0 Å². The molecule has 0 aliphatic carbocycles. The Morgan fingerprint density at radius 1 is 1.47 bits per heavy atom. The summed E-state index contributed by atoms with van der Waals surface area (Å²) in [7, 11) is 0. The van der Waals surface area contributed by atoms with Crippen LogP contribution in [0.15, 0.2) is 29.4 Å². The van der Waals surface area contributed by atoms with Crippen LogP contribution in [0.3, 0.4) is 0 Å². The second-order valence-corrected chi connectivity index (χ2v) is 4.92. The van der Waals surface area contributed by atoms with Crippen molar-refractivity contribution in [2.75, 3.05) is 13.1 Å². The van der Waals surface area contributed by atoms with Gasteiger partial charge in [0, 0.05) is 22.9 Å². The highest BCUT2D eigenvalue weighted by Crippen LogP contribution is 2.15. The fourth-order valence-electron chi connectivity index (χ4n) is 1.71. The SMILES string of the molecule is CC(C#N)(Cc1ccc(Cl)cc1)NCCCN=[N+]=[N-]. The summed E-state index contributed by atoms with van der Waals surface area (Å²) in [6, 6.07) is 9.75. The van der Waals surface area contributed by atoms with Crippen molar-refractivity contribution in [2.45, 2.75) is 25.3 Å². The molecule has 1 aromatic carbocycles. The maximum atomic E-state index is 9.28. The second kappa shape index (κ2) is 7.65. The largest absolute Gasteiger partial charge is 0.299 e. The number of benzene rings is 1. The molecule has 1 N–H and O–H groups in total. The average Bonchev–Trinajstić information content (AvgIpc) is 2.41. The molecule has 100 valence electrons. The summed E-state index contributed by atoms with van der Waals surface area (Å²) in [5.74, 6) is 0. The summed E-state index contributed by atoms with van der Waals surface area (Å²) in [6.45, 7) is 2.93. The van der Waals surface area contributed by atoms with E-state index in [1.165, 1.54) is 0 Å². The van der Waals surface area contributed by atoms with Gasteiger partial charge in [-0.2, -0.15) is 5.26 Å². The number of nitrogens with one attached hydrogen (secondary N) is 1. The molecule has 1 rings (SSSR count). The number of hydrogen-bond acceptors (Lipinski definition) is 3. The van der Waals surface area contributed by atoms with Gasteiger partial charge in [0.15, 0.2) is 0 Å². The van der Waals surface area contributed by atoms with Gasteiger partial charge in [0.05, 0.1) is 6.07 Å². The molecule has 0 bridgehead atoms. The van der Waals surface area contributed by atoms with Crippen LogP contribution in [0.4, 0.5) is 0 Å². The van der Waals surface area contributed by atoms with E-state index in [1.54, 1.807) is 0 Å². The van der Waals surface area contributed by atoms with Gasteiger partial charge in [-0.1, -0.05) is 28.8 Å². The maximum Gasteiger partial charge on any atom is 0.107 e. The fourth-order valence-corrected chi connectivity index (χ4v) is 1.84. The minimum absolute atomic E-state index is 0.436. The van der Waals surface area contributed by atoms with Crippen molar-refractivity contribution >= 4 is 11.6 Å². The summed E-state index contributed by atoms with van der Waals surface area (Å²) in [6.07, 6.45) is 1.31. The normalized spacial score (nSPS) is 13.1. The zero-order valence-corrected chi connectivity index (χ0v) is 11.6.